The van der Waals surface area contributed by atoms with Crippen molar-refractivity contribution in [3.63, 3.8) is 0 Å². The molecule has 0 bridgehead atoms. The number of hydrogen-bond acceptors (Lipinski definition) is 7. The van der Waals surface area contributed by atoms with Crippen molar-refractivity contribution in [2.75, 3.05) is 19.0 Å². The summed E-state index contributed by atoms with van der Waals surface area (Å²) in [4.78, 5) is 19.7. The summed E-state index contributed by atoms with van der Waals surface area (Å²) < 4.78 is 4.60. The molecule has 0 unspecified atom stereocenters. The first-order valence-electron chi connectivity index (χ1n) is 5.53. The third-order valence-electron chi connectivity index (χ3n) is 2.29. The maximum absolute atomic E-state index is 11.3. The molecule has 0 aliphatic carbocycles. The molecule has 19 heavy (non-hydrogen) atoms. The molecule has 9 heteroatoms. The van der Waals surface area contributed by atoms with Crippen molar-refractivity contribution >= 4 is 34.0 Å². The molecule has 2 rings (SSSR count). The number of carbonyl (C=O) groups is 1. The van der Waals surface area contributed by atoms with Crippen LogP contribution in [-0.4, -0.2) is 39.8 Å². The minimum Gasteiger partial charge on any atom is -0.465 e. The number of H-pyrrole nitrogens is 1. The Morgan fingerprint density at radius 2 is 2.47 bits per heavy atom. The van der Waals surface area contributed by atoms with Crippen LogP contribution in [0.3, 0.4) is 0 Å². The zero-order chi connectivity index (χ0) is 13.7. The molecule has 7 nitrogen and oxygen atoms in total. The molecule has 0 aromatic carbocycles. The first-order valence-corrected chi connectivity index (χ1v) is 6.73. The zero-order valence-electron chi connectivity index (χ0n) is 10.1. The SMILES string of the molecule is COC(=O)c1sc(NCCCc2ncn[nH]2)nc1Cl. The number of halogens is 1. The lowest BCUT2D eigenvalue weighted by Gasteiger charge is -2.00. The van der Waals surface area contributed by atoms with E-state index in [1.807, 2.05) is 0 Å². The summed E-state index contributed by atoms with van der Waals surface area (Å²) in [5.74, 6) is 0.367. The van der Waals surface area contributed by atoms with Crippen molar-refractivity contribution < 1.29 is 9.53 Å². The topological polar surface area (TPSA) is 92.8 Å². The highest BCUT2D eigenvalue weighted by Gasteiger charge is 2.16. The molecule has 0 saturated heterocycles. The number of anilines is 1. The third-order valence-corrected chi connectivity index (χ3v) is 3.67. The highest BCUT2D eigenvalue weighted by molar-refractivity contribution is 7.18. The number of methoxy groups -OCH3 is 1. The van der Waals surface area contributed by atoms with Crippen molar-refractivity contribution in [1.29, 1.82) is 0 Å². The molecular formula is C10H12ClN5O2S. The second-order valence-corrected chi connectivity index (χ2v) is 4.95. The third kappa shape index (κ3) is 3.65. The van der Waals surface area contributed by atoms with Crippen molar-refractivity contribution in [3.8, 4) is 0 Å². The van der Waals surface area contributed by atoms with Crippen LogP contribution in [0.5, 0.6) is 0 Å². The molecule has 0 aliphatic heterocycles. The van der Waals surface area contributed by atoms with E-state index in [1.54, 1.807) is 0 Å². The summed E-state index contributed by atoms with van der Waals surface area (Å²) in [6.07, 6.45) is 3.13. The van der Waals surface area contributed by atoms with Gasteiger partial charge in [0.05, 0.1) is 7.11 Å². The minimum atomic E-state index is -0.475. The molecular weight excluding hydrogens is 290 g/mol. The van der Waals surface area contributed by atoms with Crippen LogP contribution >= 0.6 is 22.9 Å². The van der Waals surface area contributed by atoms with E-state index < -0.39 is 5.97 Å². The fourth-order valence-electron chi connectivity index (χ4n) is 1.40. The van der Waals surface area contributed by atoms with Crippen LogP contribution in [0.2, 0.25) is 5.15 Å². The lowest BCUT2D eigenvalue weighted by molar-refractivity contribution is 0.0606. The molecule has 102 valence electrons. The Morgan fingerprint density at radius 3 is 3.16 bits per heavy atom. The number of aryl methyl sites for hydroxylation is 1. The number of ether oxygens (including phenoxy) is 1. The van der Waals surface area contributed by atoms with Crippen LogP contribution in [0.15, 0.2) is 6.33 Å². The molecule has 2 heterocycles. The number of thiazole rings is 1. The van der Waals surface area contributed by atoms with E-state index in [9.17, 15) is 4.79 Å². The van der Waals surface area contributed by atoms with Gasteiger partial charge in [0.15, 0.2) is 15.2 Å². The second-order valence-electron chi connectivity index (χ2n) is 3.59. The van der Waals surface area contributed by atoms with E-state index in [2.05, 4.69) is 30.2 Å². The molecule has 0 radical (unpaired) electrons. The average Bonchev–Trinajstić information content (AvgIpc) is 3.03. The maximum atomic E-state index is 11.3. The van der Waals surface area contributed by atoms with Gasteiger partial charge in [-0.25, -0.2) is 14.8 Å². The van der Waals surface area contributed by atoms with Crippen LogP contribution in [0.25, 0.3) is 0 Å². The number of rotatable bonds is 6. The summed E-state index contributed by atoms with van der Waals surface area (Å²) in [5.41, 5.74) is 0. The first-order chi connectivity index (χ1) is 9.20. The molecule has 2 N–H and O–H groups in total. The molecule has 2 aromatic heterocycles. The Morgan fingerprint density at radius 1 is 1.63 bits per heavy atom. The van der Waals surface area contributed by atoms with Gasteiger partial charge in [-0.3, -0.25) is 5.10 Å². The van der Waals surface area contributed by atoms with Crippen LogP contribution in [0.4, 0.5) is 5.13 Å². The predicted octanol–water partition coefficient (Wildman–Crippen LogP) is 1.75. The highest BCUT2D eigenvalue weighted by Crippen LogP contribution is 2.27. The first kappa shape index (κ1) is 13.8. The standard InChI is InChI=1S/C10H12ClN5O2S/c1-18-9(17)7-8(11)15-10(19-7)12-4-2-3-6-13-5-14-16-6/h5H,2-4H2,1H3,(H,12,15)(H,13,14,16). The van der Waals surface area contributed by atoms with Gasteiger partial charge in [-0.1, -0.05) is 22.9 Å². The van der Waals surface area contributed by atoms with Gasteiger partial charge < -0.3 is 10.1 Å². The quantitative estimate of drug-likeness (QED) is 0.623. The number of esters is 1. The molecule has 2 aromatic rings. The average molecular weight is 302 g/mol. The Labute approximate surface area is 118 Å². The van der Waals surface area contributed by atoms with Gasteiger partial charge in [-0.15, -0.1) is 0 Å². The number of hydrogen-bond donors (Lipinski definition) is 2. The maximum Gasteiger partial charge on any atom is 0.351 e. The van der Waals surface area contributed by atoms with Crippen LogP contribution in [0.1, 0.15) is 21.9 Å². The summed E-state index contributed by atoms with van der Waals surface area (Å²) in [6, 6.07) is 0. The lowest BCUT2D eigenvalue weighted by Crippen LogP contribution is -2.03. The van der Waals surface area contributed by atoms with E-state index in [1.165, 1.54) is 24.8 Å². The predicted molar refractivity (Wildman–Crippen MR) is 71.7 cm³/mol. The molecule has 0 amide bonds. The van der Waals surface area contributed by atoms with Gasteiger partial charge in [0, 0.05) is 13.0 Å². The summed E-state index contributed by atoms with van der Waals surface area (Å²) in [6.45, 7) is 0.700. The van der Waals surface area contributed by atoms with Crippen molar-refractivity contribution in [1.82, 2.24) is 20.2 Å². The number of nitrogens with zero attached hydrogens (tertiary/aromatic N) is 3. The molecule has 0 atom stereocenters. The lowest BCUT2D eigenvalue weighted by atomic mass is 10.3. The van der Waals surface area contributed by atoms with Gasteiger partial charge in [0.1, 0.15) is 12.2 Å². The van der Waals surface area contributed by atoms with Gasteiger partial charge in [-0.05, 0) is 6.42 Å². The van der Waals surface area contributed by atoms with Gasteiger partial charge in [0.2, 0.25) is 0 Å². The summed E-state index contributed by atoms with van der Waals surface area (Å²) in [5, 5.41) is 10.4. The number of aromatic nitrogens is 4. The van der Waals surface area contributed by atoms with Gasteiger partial charge >= 0.3 is 5.97 Å². The molecule has 0 saturated carbocycles. The van der Waals surface area contributed by atoms with Gasteiger partial charge in [0.25, 0.3) is 0 Å². The molecule has 0 spiro atoms. The largest absolute Gasteiger partial charge is 0.465 e. The fraction of sp³-hybridized carbons (Fsp3) is 0.400. The number of aromatic amines is 1. The van der Waals surface area contributed by atoms with E-state index in [4.69, 9.17) is 11.6 Å². The Hall–Kier alpha value is -1.67. The molecule has 0 fully saturated rings. The smallest absolute Gasteiger partial charge is 0.351 e. The molecule has 0 aliphatic rings. The number of carbonyl (C=O) groups excluding carboxylic acids is 1. The fourth-order valence-corrected chi connectivity index (χ4v) is 2.53. The van der Waals surface area contributed by atoms with Crippen LogP contribution in [0, 0.1) is 0 Å². The summed E-state index contributed by atoms with van der Waals surface area (Å²) >= 11 is 7.02. The Balaban J connectivity index is 1.81. The zero-order valence-corrected chi connectivity index (χ0v) is 11.7. The van der Waals surface area contributed by atoms with Crippen molar-refractivity contribution in [2.24, 2.45) is 0 Å². The van der Waals surface area contributed by atoms with Crippen molar-refractivity contribution in [2.45, 2.75) is 12.8 Å². The van der Waals surface area contributed by atoms with E-state index in [0.29, 0.717) is 16.6 Å². The van der Waals surface area contributed by atoms with Gasteiger partial charge in [-0.2, -0.15) is 5.10 Å². The van der Waals surface area contributed by atoms with Crippen molar-refractivity contribution in [3.05, 3.63) is 22.2 Å². The highest BCUT2D eigenvalue weighted by atomic mass is 35.5. The normalized spacial score (nSPS) is 10.4. The second kappa shape index (κ2) is 6.48. The van der Waals surface area contributed by atoms with Crippen LogP contribution in [-0.2, 0) is 11.2 Å². The number of nitrogens with one attached hydrogen (secondary N) is 2. The Kier molecular flexibility index (Phi) is 4.69. The summed E-state index contributed by atoms with van der Waals surface area (Å²) in [7, 11) is 1.31. The van der Waals surface area contributed by atoms with E-state index in [-0.39, 0.29) is 5.15 Å². The van der Waals surface area contributed by atoms with E-state index in [0.717, 1.165) is 18.7 Å². The minimum absolute atomic E-state index is 0.162. The Bertz CT molecular complexity index is 542. The monoisotopic (exact) mass is 301 g/mol. The van der Waals surface area contributed by atoms with Crippen LogP contribution < -0.4 is 5.32 Å². The van der Waals surface area contributed by atoms with E-state index >= 15 is 0 Å².